The van der Waals surface area contributed by atoms with E-state index >= 15 is 0 Å². The van der Waals surface area contributed by atoms with Gasteiger partial charge in [-0.3, -0.25) is 0 Å². The Labute approximate surface area is 118 Å². The molecule has 0 spiro atoms. The summed E-state index contributed by atoms with van der Waals surface area (Å²) in [6.45, 7) is 0. The summed E-state index contributed by atoms with van der Waals surface area (Å²) in [4.78, 5) is 4.22. The van der Waals surface area contributed by atoms with Crippen molar-refractivity contribution >= 4 is 39.1 Å². The Balaban J connectivity index is 2.28. The maximum absolute atomic E-state index is 5.92. The fourth-order valence-corrected chi connectivity index (χ4v) is 2.06. The fraction of sp³-hybridized carbons (Fsp3) is 0.0833. The molecule has 0 amide bonds. The summed E-state index contributed by atoms with van der Waals surface area (Å²) >= 11 is 15.0. The number of hydrogen-bond donors (Lipinski definition) is 0. The van der Waals surface area contributed by atoms with Crippen molar-refractivity contribution in [1.82, 2.24) is 4.98 Å². The van der Waals surface area contributed by atoms with Crippen molar-refractivity contribution in [3.05, 3.63) is 51.6 Å². The monoisotopic (exact) mass is 331 g/mol. The van der Waals surface area contributed by atoms with Crippen LogP contribution >= 0.6 is 39.1 Å². The average molecular weight is 333 g/mol. The molecule has 5 heteroatoms. The third kappa shape index (κ3) is 3.12. The molecular formula is C12H8BrCl2NO. The molecule has 2 nitrogen and oxygen atoms in total. The molecular weight excluding hydrogens is 325 g/mol. The summed E-state index contributed by atoms with van der Waals surface area (Å²) < 4.78 is 6.50. The average Bonchev–Trinajstić information content (AvgIpc) is 2.34. The molecule has 17 heavy (non-hydrogen) atoms. The Kier molecular flexibility index (Phi) is 4.26. The Morgan fingerprint density at radius 1 is 1.18 bits per heavy atom. The highest BCUT2D eigenvalue weighted by Crippen LogP contribution is 2.29. The summed E-state index contributed by atoms with van der Waals surface area (Å²) in [6.07, 6.45) is 0. The van der Waals surface area contributed by atoms with Gasteiger partial charge in [-0.1, -0.05) is 23.7 Å². The minimum Gasteiger partial charge on any atom is -0.438 e. The topological polar surface area (TPSA) is 22.1 Å². The van der Waals surface area contributed by atoms with Gasteiger partial charge in [0.1, 0.15) is 5.75 Å². The summed E-state index contributed by atoms with van der Waals surface area (Å²) in [5.41, 5.74) is 0.609. The van der Waals surface area contributed by atoms with E-state index in [1.54, 1.807) is 12.1 Å². The summed E-state index contributed by atoms with van der Waals surface area (Å²) in [6, 6.07) is 11.0. The number of rotatable bonds is 3. The lowest BCUT2D eigenvalue weighted by atomic mass is 10.3. The first-order chi connectivity index (χ1) is 8.20. The maximum atomic E-state index is 5.92. The molecule has 88 valence electrons. The minimum atomic E-state index is 0.256. The highest BCUT2D eigenvalue weighted by Gasteiger charge is 2.06. The first kappa shape index (κ1) is 12.7. The van der Waals surface area contributed by atoms with E-state index in [2.05, 4.69) is 20.9 Å². The SMILES string of the molecule is ClCc1nc(Oc2ccccc2Br)ccc1Cl. The Bertz CT molecular complexity index is 534. The second-order valence-corrected chi connectivity index (χ2v) is 4.77. The van der Waals surface area contributed by atoms with Crippen LogP contribution in [0.1, 0.15) is 5.69 Å². The predicted molar refractivity (Wildman–Crippen MR) is 73.0 cm³/mol. The summed E-state index contributed by atoms with van der Waals surface area (Å²) in [5, 5.41) is 0.541. The lowest BCUT2D eigenvalue weighted by Gasteiger charge is -2.08. The van der Waals surface area contributed by atoms with Crippen molar-refractivity contribution in [2.45, 2.75) is 5.88 Å². The third-order valence-corrected chi connectivity index (χ3v) is 3.32. The number of halogens is 3. The molecule has 0 aliphatic carbocycles. The number of ether oxygens (including phenoxy) is 1. The van der Waals surface area contributed by atoms with Gasteiger partial charge in [0, 0.05) is 6.07 Å². The van der Waals surface area contributed by atoms with Gasteiger partial charge >= 0.3 is 0 Å². The number of para-hydroxylation sites is 1. The second kappa shape index (κ2) is 5.71. The summed E-state index contributed by atoms with van der Waals surface area (Å²) in [7, 11) is 0. The van der Waals surface area contributed by atoms with Crippen LogP contribution in [-0.2, 0) is 5.88 Å². The van der Waals surface area contributed by atoms with Gasteiger partial charge in [-0.15, -0.1) is 11.6 Å². The van der Waals surface area contributed by atoms with E-state index in [0.29, 0.717) is 22.3 Å². The lowest BCUT2D eigenvalue weighted by molar-refractivity contribution is 0.458. The second-order valence-electron chi connectivity index (χ2n) is 3.24. The van der Waals surface area contributed by atoms with E-state index < -0.39 is 0 Å². The molecule has 2 rings (SSSR count). The van der Waals surface area contributed by atoms with Crippen molar-refractivity contribution in [2.24, 2.45) is 0 Å². The molecule has 0 unspecified atom stereocenters. The zero-order valence-corrected chi connectivity index (χ0v) is 11.8. The van der Waals surface area contributed by atoms with Crippen LogP contribution in [0.2, 0.25) is 5.02 Å². The highest BCUT2D eigenvalue weighted by atomic mass is 79.9. The van der Waals surface area contributed by atoms with Crippen LogP contribution in [-0.4, -0.2) is 4.98 Å². The molecule has 0 aliphatic rings. The summed E-state index contributed by atoms with van der Waals surface area (Å²) in [5.74, 6) is 1.42. The number of nitrogens with zero attached hydrogens (tertiary/aromatic N) is 1. The quantitative estimate of drug-likeness (QED) is 0.735. The van der Waals surface area contributed by atoms with Crippen molar-refractivity contribution < 1.29 is 4.74 Å². The molecule has 0 saturated carbocycles. The zero-order chi connectivity index (χ0) is 12.3. The molecule has 0 atom stereocenters. The van der Waals surface area contributed by atoms with Gasteiger partial charge in [0.2, 0.25) is 5.88 Å². The smallest absolute Gasteiger partial charge is 0.219 e. The maximum Gasteiger partial charge on any atom is 0.219 e. The number of hydrogen-bond acceptors (Lipinski definition) is 2. The molecule has 0 N–H and O–H groups in total. The molecule has 1 aromatic heterocycles. The van der Waals surface area contributed by atoms with Gasteiger partial charge in [-0.2, -0.15) is 0 Å². The van der Waals surface area contributed by atoms with Crippen LogP contribution < -0.4 is 4.74 Å². The third-order valence-electron chi connectivity index (χ3n) is 2.07. The Morgan fingerprint density at radius 2 is 1.94 bits per heavy atom. The fourth-order valence-electron chi connectivity index (χ4n) is 1.26. The molecule has 0 fully saturated rings. The van der Waals surface area contributed by atoms with E-state index in [0.717, 1.165) is 4.47 Å². The number of alkyl halides is 1. The minimum absolute atomic E-state index is 0.256. The van der Waals surface area contributed by atoms with Crippen LogP contribution in [0.4, 0.5) is 0 Å². The van der Waals surface area contributed by atoms with Gasteiger partial charge in [-0.25, -0.2) is 4.98 Å². The largest absolute Gasteiger partial charge is 0.438 e. The van der Waals surface area contributed by atoms with Crippen LogP contribution in [0.25, 0.3) is 0 Å². The van der Waals surface area contributed by atoms with E-state index in [1.807, 2.05) is 24.3 Å². The lowest BCUT2D eigenvalue weighted by Crippen LogP contribution is -1.93. The van der Waals surface area contributed by atoms with Crippen LogP contribution in [0, 0.1) is 0 Å². The molecule has 0 aliphatic heterocycles. The van der Waals surface area contributed by atoms with Gasteiger partial charge in [0.15, 0.2) is 0 Å². The Hall–Kier alpha value is -0.770. The van der Waals surface area contributed by atoms with Crippen LogP contribution in [0.3, 0.4) is 0 Å². The standard InChI is InChI=1S/C12H8BrCl2NO/c13-8-3-1-2-4-11(8)17-12-6-5-9(15)10(7-14)16-12/h1-6H,7H2. The normalized spacial score (nSPS) is 10.3. The molecule has 0 bridgehead atoms. The van der Waals surface area contributed by atoms with Gasteiger partial charge in [0.25, 0.3) is 0 Å². The predicted octanol–water partition coefficient (Wildman–Crippen LogP) is 5.03. The van der Waals surface area contributed by atoms with Crippen LogP contribution in [0.15, 0.2) is 40.9 Å². The van der Waals surface area contributed by atoms with Crippen molar-refractivity contribution in [3.8, 4) is 11.6 Å². The number of aromatic nitrogens is 1. The van der Waals surface area contributed by atoms with E-state index in [1.165, 1.54) is 0 Å². The van der Waals surface area contributed by atoms with Crippen molar-refractivity contribution in [1.29, 1.82) is 0 Å². The zero-order valence-electron chi connectivity index (χ0n) is 8.66. The highest BCUT2D eigenvalue weighted by molar-refractivity contribution is 9.10. The van der Waals surface area contributed by atoms with E-state index in [9.17, 15) is 0 Å². The molecule has 0 saturated heterocycles. The molecule has 2 aromatic rings. The Morgan fingerprint density at radius 3 is 2.65 bits per heavy atom. The molecule has 0 radical (unpaired) electrons. The number of benzene rings is 1. The van der Waals surface area contributed by atoms with Crippen molar-refractivity contribution in [3.63, 3.8) is 0 Å². The van der Waals surface area contributed by atoms with Gasteiger partial charge < -0.3 is 4.74 Å². The van der Waals surface area contributed by atoms with Gasteiger partial charge in [0.05, 0.1) is 21.1 Å². The van der Waals surface area contributed by atoms with Crippen molar-refractivity contribution in [2.75, 3.05) is 0 Å². The molecule has 1 heterocycles. The van der Waals surface area contributed by atoms with E-state index in [4.69, 9.17) is 27.9 Å². The number of pyridine rings is 1. The van der Waals surface area contributed by atoms with Gasteiger partial charge in [-0.05, 0) is 34.1 Å². The van der Waals surface area contributed by atoms with Crippen LogP contribution in [0.5, 0.6) is 11.6 Å². The first-order valence-electron chi connectivity index (χ1n) is 4.84. The van der Waals surface area contributed by atoms with E-state index in [-0.39, 0.29) is 5.88 Å². The first-order valence-corrected chi connectivity index (χ1v) is 6.55. The molecule has 1 aromatic carbocycles.